The van der Waals surface area contributed by atoms with E-state index < -0.39 is 0 Å². The van der Waals surface area contributed by atoms with Crippen molar-refractivity contribution < 1.29 is 4.42 Å². The molecule has 0 spiro atoms. The summed E-state index contributed by atoms with van der Waals surface area (Å²) in [7, 11) is 0. The van der Waals surface area contributed by atoms with Crippen molar-refractivity contribution in [3.63, 3.8) is 0 Å². The van der Waals surface area contributed by atoms with Crippen LogP contribution in [0.15, 0.2) is 174 Å². The average molecular weight is 663 g/mol. The van der Waals surface area contributed by atoms with Crippen LogP contribution in [0.5, 0.6) is 0 Å². The molecule has 0 amide bonds. The zero-order chi connectivity index (χ0) is 33.9. The largest absolute Gasteiger partial charge is 0.456 e. The van der Waals surface area contributed by atoms with Crippen molar-refractivity contribution in [1.29, 1.82) is 0 Å². The molecular formula is C49H30N2O. The van der Waals surface area contributed by atoms with Gasteiger partial charge in [-0.05, 0) is 100 Å². The summed E-state index contributed by atoms with van der Waals surface area (Å²) in [6, 6.07) is 62.2. The number of fused-ring (bicyclic) bond motifs is 12. The second kappa shape index (κ2) is 10.3. The Labute approximate surface area is 299 Å². The van der Waals surface area contributed by atoms with Gasteiger partial charge in [0, 0.05) is 43.7 Å². The summed E-state index contributed by atoms with van der Waals surface area (Å²) in [4.78, 5) is 0. The van der Waals surface area contributed by atoms with E-state index in [1.165, 1.54) is 82.7 Å². The summed E-state index contributed by atoms with van der Waals surface area (Å²) in [6.45, 7) is 0. The highest BCUT2D eigenvalue weighted by atomic mass is 16.3. The van der Waals surface area contributed by atoms with Crippen molar-refractivity contribution >= 4 is 65.6 Å². The lowest BCUT2D eigenvalue weighted by Gasteiger charge is -2.12. The van der Waals surface area contributed by atoms with Gasteiger partial charge in [0.1, 0.15) is 11.2 Å². The van der Waals surface area contributed by atoms with Crippen LogP contribution in [0, 0.1) is 0 Å². The second-order valence-electron chi connectivity index (χ2n) is 14.1. The molecule has 242 valence electrons. The quantitative estimate of drug-likeness (QED) is 0.185. The lowest BCUT2D eigenvalue weighted by molar-refractivity contribution is 0.669. The molecule has 3 aromatic heterocycles. The van der Waals surface area contributed by atoms with Crippen LogP contribution in [0.3, 0.4) is 0 Å². The molecule has 12 rings (SSSR count). The van der Waals surface area contributed by atoms with Gasteiger partial charge in [-0.15, -0.1) is 0 Å². The fourth-order valence-corrected chi connectivity index (χ4v) is 8.96. The maximum Gasteiger partial charge on any atom is 0.135 e. The Kier molecular flexibility index (Phi) is 5.56. The van der Waals surface area contributed by atoms with E-state index in [2.05, 4.69) is 167 Å². The van der Waals surface area contributed by atoms with Crippen LogP contribution in [0.4, 0.5) is 0 Å². The van der Waals surface area contributed by atoms with Crippen molar-refractivity contribution in [2.75, 3.05) is 0 Å². The Balaban J connectivity index is 1.07. The molecule has 0 unspecified atom stereocenters. The number of furan rings is 1. The Morgan fingerprint density at radius 1 is 0.346 bits per heavy atom. The van der Waals surface area contributed by atoms with Gasteiger partial charge in [0.2, 0.25) is 0 Å². The molecule has 0 radical (unpaired) electrons. The third-order valence-corrected chi connectivity index (χ3v) is 11.3. The van der Waals surface area contributed by atoms with Crippen LogP contribution in [0.2, 0.25) is 0 Å². The monoisotopic (exact) mass is 662 g/mol. The zero-order valence-corrected chi connectivity index (χ0v) is 28.2. The van der Waals surface area contributed by atoms with Crippen LogP contribution in [0.1, 0.15) is 11.1 Å². The standard InChI is InChI=1S/C49H30N2O/c1-2-10-36-32(9-1)25-33-17-20-34(28-42(33)36)50-44-14-6-3-11-37(44)39-22-18-30(26-46(39)50)31-19-23-40-38-12-4-7-15-45(38)51(47(40)27-31)35-21-24-49-43(29-35)41-13-5-8-16-48(41)52-49/h1-24,26-29H,25H2. The van der Waals surface area contributed by atoms with Gasteiger partial charge in [-0.3, -0.25) is 0 Å². The average Bonchev–Trinajstić information content (AvgIpc) is 3.94. The Bertz CT molecular complexity index is 3280. The molecule has 11 aromatic rings. The molecular weight excluding hydrogens is 633 g/mol. The summed E-state index contributed by atoms with van der Waals surface area (Å²) in [6.07, 6.45) is 0.995. The highest BCUT2D eigenvalue weighted by Crippen LogP contribution is 2.42. The first-order valence-corrected chi connectivity index (χ1v) is 18.0. The van der Waals surface area contributed by atoms with Gasteiger partial charge in [-0.1, -0.05) is 109 Å². The first kappa shape index (κ1) is 27.9. The number of rotatable bonds is 3. The van der Waals surface area contributed by atoms with Gasteiger partial charge < -0.3 is 13.6 Å². The number of para-hydroxylation sites is 3. The number of aromatic nitrogens is 2. The first-order chi connectivity index (χ1) is 25.8. The minimum Gasteiger partial charge on any atom is -0.456 e. The lowest BCUT2D eigenvalue weighted by Crippen LogP contribution is -1.95. The SMILES string of the molecule is c1ccc2c(c1)Cc1ccc(-n3c4ccccc4c4ccc(-c5ccc6c7ccccc7n(-c7ccc8oc9ccccc9c8c7)c6c5)cc43)cc1-2. The van der Waals surface area contributed by atoms with E-state index >= 15 is 0 Å². The van der Waals surface area contributed by atoms with E-state index in [9.17, 15) is 0 Å². The van der Waals surface area contributed by atoms with Crippen molar-refractivity contribution in [3.8, 4) is 33.6 Å². The van der Waals surface area contributed by atoms with Gasteiger partial charge in [-0.25, -0.2) is 0 Å². The molecule has 3 heteroatoms. The fraction of sp³-hybridized carbons (Fsp3) is 0.0204. The number of hydrogen-bond donors (Lipinski definition) is 0. The van der Waals surface area contributed by atoms with Crippen LogP contribution in [-0.2, 0) is 6.42 Å². The summed E-state index contributed by atoms with van der Waals surface area (Å²) in [5.74, 6) is 0. The molecule has 8 aromatic carbocycles. The van der Waals surface area contributed by atoms with E-state index in [1.54, 1.807) is 0 Å². The van der Waals surface area contributed by atoms with Crippen LogP contribution in [-0.4, -0.2) is 9.13 Å². The summed E-state index contributed by atoms with van der Waals surface area (Å²) < 4.78 is 11.1. The third-order valence-electron chi connectivity index (χ3n) is 11.3. The van der Waals surface area contributed by atoms with E-state index in [0.717, 1.165) is 34.0 Å². The smallest absolute Gasteiger partial charge is 0.135 e. The van der Waals surface area contributed by atoms with Crippen molar-refractivity contribution in [1.82, 2.24) is 9.13 Å². The molecule has 52 heavy (non-hydrogen) atoms. The molecule has 0 fully saturated rings. The highest BCUT2D eigenvalue weighted by molar-refractivity contribution is 6.13. The van der Waals surface area contributed by atoms with Crippen LogP contribution < -0.4 is 0 Å². The molecule has 0 N–H and O–H groups in total. The van der Waals surface area contributed by atoms with E-state index in [0.29, 0.717) is 0 Å². The normalized spacial score (nSPS) is 12.5. The zero-order valence-electron chi connectivity index (χ0n) is 28.2. The first-order valence-electron chi connectivity index (χ1n) is 18.0. The minimum absolute atomic E-state index is 0.905. The summed E-state index contributed by atoms with van der Waals surface area (Å²) >= 11 is 0. The summed E-state index contributed by atoms with van der Waals surface area (Å²) in [5, 5.41) is 7.28. The number of benzene rings is 8. The van der Waals surface area contributed by atoms with Gasteiger partial charge in [0.15, 0.2) is 0 Å². The molecule has 3 nitrogen and oxygen atoms in total. The van der Waals surface area contributed by atoms with E-state index in [4.69, 9.17) is 4.42 Å². The third kappa shape index (κ3) is 3.85. The Morgan fingerprint density at radius 2 is 0.885 bits per heavy atom. The van der Waals surface area contributed by atoms with Gasteiger partial charge in [0.25, 0.3) is 0 Å². The molecule has 0 saturated carbocycles. The van der Waals surface area contributed by atoms with Gasteiger partial charge in [-0.2, -0.15) is 0 Å². The topological polar surface area (TPSA) is 23.0 Å². The minimum atomic E-state index is 0.905. The maximum absolute atomic E-state index is 6.20. The second-order valence-corrected chi connectivity index (χ2v) is 14.1. The number of hydrogen-bond acceptors (Lipinski definition) is 1. The van der Waals surface area contributed by atoms with Crippen LogP contribution >= 0.6 is 0 Å². The molecule has 0 bridgehead atoms. The van der Waals surface area contributed by atoms with Crippen LogP contribution in [0.25, 0.3) is 99.2 Å². The van der Waals surface area contributed by atoms with Gasteiger partial charge in [0.05, 0.1) is 22.1 Å². The van der Waals surface area contributed by atoms with Crippen molar-refractivity contribution in [3.05, 3.63) is 181 Å². The predicted molar refractivity (Wildman–Crippen MR) is 216 cm³/mol. The Morgan fingerprint density at radius 3 is 1.62 bits per heavy atom. The fourth-order valence-electron chi connectivity index (χ4n) is 8.96. The molecule has 0 aliphatic heterocycles. The molecule has 0 atom stereocenters. The summed E-state index contributed by atoms with van der Waals surface area (Å²) in [5.41, 5.74) is 16.8. The van der Waals surface area contributed by atoms with E-state index in [1.807, 2.05) is 12.1 Å². The number of nitrogens with zero attached hydrogens (tertiary/aromatic N) is 2. The lowest BCUT2D eigenvalue weighted by atomic mass is 10.0. The van der Waals surface area contributed by atoms with Crippen molar-refractivity contribution in [2.45, 2.75) is 6.42 Å². The maximum atomic E-state index is 6.20. The highest BCUT2D eigenvalue weighted by Gasteiger charge is 2.21. The Hall–Kier alpha value is -6.84. The van der Waals surface area contributed by atoms with Crippen molar-refractivity contribution in [2.24, 2.45) is 0 Å². The van der Waals surface area contributed by atoms with E-state index in [-0.39, 0.29) is 0 Å². The molecule has 1 aliphatic carbocycles. The predicted octanol–water partition coefficient (Wildman–Crippen LogP) is 13.0. The molecule has 0 saturated heterocycles. The molecule has 3 heterocycles. The molecule has 1 aliphatic rings. The van der Waals surface area contributed by atoms with Gasteiger partial charge >= 0.3 is 0 Å².